The number of halogens is 7. The van der Waals surface area contributed by atoms with E-state index < -0.39 is 153 Å². The van der Waals surface area contributed by atoms with Gasteiger partial charge in [0.2, 0.25) is 29.5 Å². The molecule has 552 valence electrons. The second-order valence-electron chi connectivity index (χ2n) is 24.7. The minimum absolute atomic E-state index is 0.0374. The van der Waals surface area contributed by atoms with E-state index in [1.807, 2.05) is 5.09 Å². The lowest BCUT2D eigenvalue weighted by molar-refractivity contribution is -0.149. The van der Waals surface area contributed by atoms with Crippen LogP contribution in [0.5, 0.6) is 11.5 Å². The maximum Gasteiger partial charge on any atom is 0.459 e. The number of nitrogens with one attached hydrogen (secondary N) is 4. The molecule has 0 spiro atoms. The van der Waals surface area contributed by atoms with Crippen molar-refractivity contribution in [3.63, 3.8) is 0 Å². The maximum absolute atomic E-state index is 16.2. The number of benzene rings is 3. The molecule has 7 aromatic rings. The van der Waals surface area contributed by atoms with Crippen molar-refractivity contribution in [2.75, 3.05) is 61.8 Å². The molecule has 39 heteroatoms. The van der Waals surface area contributed by atoms with E-state index >= 15 is 8.78 Å². The van der Waals surface area contributed by atoms with Gasteiger partial charge >= 0.3 is 27.2 Å². The number of imidazole rings is 2. The average Bonchev–Trinajstić information content (AvgIpc) is 1.75. The summed E-state index contributed by atoms with van der Waals surface area (Å²) < 4.78 is 169. The van der Waals surface area contributed by atoms with Crippen LogP contribution in [0.25, 0.3) is 22.3 Å². The first-order chi connectivity index (χ1) is 47.2. The second-order valence-corrected chi connectivity index (χ2v) is 28.4. The first kappa shape index (κ1) is 79.8. The van der Waals surface area contributed by atoms with E-state index in [0.717, 1.165) is 13.8 Å². The van der Waals surface area contributed by atoms with E-state index in [2.05, 4.69) is 45.6 Å². The van der Waals surface area contributed by atoms with Crippen molar-refractivity contribution in [3.8, 4) is 11.5 Å². The minimum Gasteiger partial charge on any atom is -0.462 e. The Kier molecular flexibility index (Phi) is 25.8. The van der Waals surface area contributed by atoms with Crippen molar-refractivity contribution in [2.45, 2.75) is 149 Å². The van der Waals surface area contributed by atoms with Crippen LogP contribution < -0.4 is 45.0 Å². The number of esters is 2. The Hall–Kier alpha value is -8.51. The van der Waals surface area contributed by atoms with Crippen molar-refractivity contribution < 1.29 is 107 Å². The number of fused-ring (bicyclic) bond motifs is 2. The van der Waals surface area contributed by atoms with Gasteiger partial charge in [-0.25, -0.2) is 50.4 Å². The van der Waals surface area contributed by atoms with Crippen molar-refractivity contribution >= 4 is 90.2 Å². The van der Waals surface area contributed by atoms with Crippen LogP contribution in [-0.4, -0.2) is 180 Å². The molecule has 7 N–H and O–H groups in total. The van der Waals surface area contributed by atoms with Gasteiger partial charge < -0.3 is 53.1 Å². The zero-order valence-corrected chi connectivity index (χ0v) is 59.1. The normalized spacial score (nSPS) is 22.1. The number of carbonyl (C=O) groups excluding carboxylic acids is 4. The first-order valence-corrected chi connectivity index (χ1v) is 34.2. The fourth-order valence-corrected chi connectivity index (χ4v) is 13.3. The third-order valence-corrected chi connectivity index (χ3v) is 18.6. The molecule has 0 aliphatic carbocycles. The van der Waals surface area contributed by atoms with Gasteiger partial charge in [0.15, 0.2) is 81.0 Å². The second kappa shape index (κ2) is 32.6. The van der Waals surface area contributed by atoms with Crippen LogP contribution in [0.2, 0.25) is 0 Å². The summed E-state index contributed by atoms with van der Waals surface area (Å²) in [6, 6.07) is 12.4. The predicted octanol–water partition coefficient (Wildman–Crippen LogP) is 7.65. The van der Waals surface area contributed by atoms with Gasteiger partial charge in [-0.05, 0) is 79.7 Å². The Morgan fingerprint density at radius 3 is 1.43 bits per heavy atom. The molecule has 6 heterocycles. The number of anilines is 4. The predicted molar refractivity (Wildman–Crippen MR) is 352 cm³/mol. The lowest BCUT2D eigenvalue weighted by atomic mass is 9.98. The highest BCUT2D eigenvalue weighted by Gasteiger charge is 2.57. The number of nitrogens with zero attached hydrogens (tertiary/aromatic N) is 10. The van der Waals surface area contributed by atoms with Gasteiger partial charge in [-0.15, -0.1) is 0 Å². The quantitative estimate of drug-likeness (QED) is 0.0100. The molecule has 3 aromatic carbocycles. The minimum atomic E-state index is -5.04. The number of para-hydroxylation sites is 2. The number of carbonyl (C=O) groups is 4. The molecular formula is C62H79F7N14O16P2. The number of ether oxygens (including phenoxy) is 4. The van der Waals surface area contributed by atoms with E-state index in [0.29, 0.717) is 22.7 Å². The zero-order chi connectivity index (χ0) is 75.1. The van der Waals surface area contributed by atoms with Crippen molar-refractivity contribution in [1.82, 2.24) is 49.2 Å². The number of aromatic nitrogens is 8. The summed E-state index contributed by atoms with van der Waals surface area (Å²) in [6.45, 7) is 14.9. The number of rotatable bonds is 24. The standard InChI is InChI=1S/C27H37FN7O8P.C18H17F5NO4P.C17H25FN6O4/c1-15(2)41-24(38)16(3)33-44(39,43-18-11-9-8-10-12-18)40-13-19-21(37)27(5,28)25(42-19)35-14-29-20-22(34(6)7)31-26(30-17(4)36)32-23(20)35;1-9(2)27-18(25)10(3)24-29(26,28-11-7-5-4-6-8-11)17-15(22)13(20)12(19)14(21)16(17)23;1-8(2)14(27)22-16-20-12(23(4)5)10-13(21-16)24(7-19-10)15-17(3,18)11(26)9(6-25)28-15/h8-12,14-16,19,21,25,37H,13H2,1-7H3,(H,33,39)(H,30,31,32,36);4-10H,1-3H3,(H,24,26);7-9,11,15,25-26H,6H2,1-5H3,(H,20,21,22,27)/t16-,19+,21+,25+,27+,44-;10-,29+;9-,11-,15-,17-/m001/s1. The van der Waals surface area contributed by atoms with E-state index in [-0.39, 0.29) is 46.5 Å². The van der Waals surface area contributed by atoms with Crippen LogP contribution in [-0.2, 0) is 51.8 Å². The van der Waals surface area contributed by atoms with Gasteiger partial charge in [0.25, 0.3) is 0 Å². The molecule has 2 aliphatic heterocycles. The highest BCUT2D eigenvalue weighted by molar-refractivity contribution is 7.65. The van der Waals surface area contributed by atoms with Gasteiger partial charge in [-0.1, -0.05) is 50.2 Å². The highest BCUT2D eigenvalue weighted by Crippen LogP contribution is 2.50. The molecular weight excluding hydrogens is 1390 g/mol. The average molecular weight is 1470 g/mol. The fraction of sp³-hybridized carbons (Fsp3) is 0.484. The topological polar surface area (TPSA) is 370 Å². The molecule has 4 aromatic heterocycles. The van der Waals surface area contributed by atoms with Gasteiger partial charge in [0.05, 0.1) is 38.1 Å². The molecule has 2 amide bonds. The Morgan fingerprint density at radius 2 is 1.02 bits per heavy atom. The molecule has 9 rings (SSSR count). The summed E-state index contributed by atoms with van der Waals surface area (Å²) in [5.74, 6) is -13.5. The molecule has 0 saturated carbocycles. The Bertz CT molecular complexity index is 4170. The summed E-state index contributed by atoms with van der Waals surface area (Å²) in [4.78, 5) is 77.5. The molecule has 12 atom stereocenters. The Labute approximate surface area is 574 Å². The molecule has 2 aliphatic rings. The lowest BCUT2D eigenvalue weighted by Crippen LogP contribution is -2.41. The van der Waals surface area contributed by atoms with E-state index in [4.69, 9.17) is 32.5 Å². The van der Waals surface area contributed by atoms with Crippen LogP contribution in [0.4, 0.5) is 54.3 Å². The molecule has 30 nitrogen and oxygen atoms in total. The summed E-state index contributed by atoms with van der Waals surface area (Å²) in [5.41, 5.74) is -3.56. The van der Waals surface area contributed by atoms with Gasteiger partial charge in [0.1, 0.15) is 53.3 Å². The van der Waals surface area contributed by atoms with Crippen LogP contribution in [0.15, 0.2) is 73.3 Å². The van der Waals surface area contributed by atoms with E-state index in [1.54, 1.807) is 90.0 Å². The smallest absolute Gasteiger partial charge is 0.459 e. The van der Waals surface area contributed by atoms with Gasteiger partial charge in [0, 0.05) is 41.0 Å². The largest absolute Gasteiger partial charge is 0.462 e. The number of hydrogen-bond donors (Lipinski definition) is 7. The van der Waals surface area contributed by atoms with Crippen molar-refractivity contribution in [3.05, 3.63) is 102 Å². The number of hydrogen-bond acceptors (Lipinski definition) is 24. The third kappa shape index (κ3) is 18.4. The van der Waals surface area contributed by atoms with Crippen LogP contribution in [0, 0.1) is 35.0 Å². The Morgan fingerprint density at radius 1 is 0.614 bits per heavy atom. The highest BCUT2D eigenvalue weighted by atomic mass is 31.2. The van der Waals surface area contributed by atoms with Crippen molar-refractivity contribution in [1.29, 1.82) is 0 Å². The number of aliphatic hydroxyl groups excluding tert-OH is 3. The maximum atomic E-state index is 16.2. The molecule has 0 radical (unpaired) electrons. The third-order valence-electron chi connectivity index (χ3n) is 14.8. The van der Waals surface area contributed by atoms with Crippen molar-refractivity contribution in [2.24, 2.45) is 5.92 Å². The molecule has 101 heavy (non-hydrogen) atoms. The van der Waals surface area contributed by atoms with Crippen LogP contribution in [0.1, 0.15) is 88.6 Å². The SMILES string of the molecule is CC(=O)Nc1nc(N(C)C)c2ncn([C@@H]3O[C@H](CO[P@@](=O)(N[C@@H](C)C(=O)OC(C)C)Oc4ccccc4)[C@@H](O)[C@@]3(C)F)c2n1.CC(C)C(=O)Nc1nc(N(C)C)c2ncn([C@@H]3O[C@H](CO)[C@@H](O)[C@@]3(C)F)c2n1.CC(C)OC(=O)[C@H](C)N[P@](=O)(Oc1ccccc1)c1c(F)c(F)c(F)c(F)c1F. The molecule has 2 saturated heterocycles. The number of amides is 2. The number of aliphatic hydroxyl groups is 3. The zero-order valence-electron chi connectivity index (χ0n) is 57.4. The molecule has 0 bridgehead atoms. The van der Waals surface area contributed by atoms with Gasteiger partial charge in [-0.3, -0.25) is 48.0 Å². The summed E-state index contributed by atoms with van der Waals surface area (Å²) in [5, 5.41) is 38.5. The fourth-order valence-electron chi connectivity index (χ4n) is 9.77. The molecule has 2 fully saturated rings. The first-order valence-electron chi connectivity index (χ1n) is 31.1. The lowest BCUT2D eigenvalue weighted by Gasteiger charge is -2.25. The van der Waals surface area contributed by atoms with Crippen LogP contribution in [0.3, 0.4) is 0 Å². The van der Waals surface area contributed by atoms with E-state index in [9.17, 15) is 65.6 Å². The number of alkyl halides is 2. The van der Waals surface area contributed by atoms with Crippen LogP contribution >= 0.6 is 15.3 Å². The monoisotopic (exact) mass is 1470 g/mol. The summed E-state index contributed by atoms with van der Waals surface area (Å²) in [7, 11) is -2.42. The summed E-state index contributed by atoms with van der Waals surface area (Å²) in [6.07, 6.45) is -6.79. The van der Waals surface area contributed by atoms with E-state index in [1.165, 1.54) is 92.8 Å². The molecule has 0 unspecified atom stereocenters. The summed E-state index contributed by atoms with van der Waals surface area (Å²) >= 11 is 0. The van der Waals surface area contributed by atoms with Gasteiger partial charge in [-0.2, -0.15) is 25.0 Å². The Balaban J connectivity index is 0.000000221.